The van der Waals surface area contributed by atoms with Gasteiger partial charge in [0.05, 0.1) is 4.90 Å². The normalized spacial score (nSPS) is 10.7. The Labute approximate surface area is 160 Å². The third kappa shape index (κ3) is 6.01. The van der Waals surface area contributed by atoms with E-state index < -0.39 is 10.0 Å². The van der Waals surface area contributed by atoms with Crippen LogP contribution < -0.4 is 15.8 Å². The van der Waals surface area contributed by atoms with E-state index in [1.807, 2.05) is 13.0 Å². The van der Waals surface area contributed by atoms with Gasteiger partial charge in [0.15, 0.2) is 0 Å². The van der Waals surface area contributed by atoms with E-state index >= 15 is 0 Å². The van der Waals surface area contributed by atoms with Gasteiger partial charge in [-0.25, -0.2) is 8.42 Å². The largest absolute Gasteiger partial charge is 0.330 e. The van der Waals surface area contributed by atoms with Crippen LogP contribution in [-0.2, 0) is 14.8 Å². The van der Waals surface area contributed by atoms with E-state index in [0.29, 0.717) is 36.3 Å². The number of nitrogens with two attached hydrogens (primary N) is 1. The van der Waals surface area contributed by atoms with Crippen LogP contribution in [0.4, 0.5) is 11.4 Å². The van der Waals surface area contributed by atoms with Crippen molar-refractivity contribution in [1.29, 1.82) is 0 Å². The van der Waals surface area contributed by atoms with Crippen molar-refractivity contribution in [1.82, 2.24) is 0 Å². The Morgan fingerprint density at radius 1 is 1.08 bits per heavy atom. The Balaban J connectivity index is 0.00000338. The molecule has 0 saturated heterocycles. The first kappa shape index (κ1) is 22.0. The van der Waals surface area contributed by atoms with E-state index in [2.05, 4.69) is 10.0 Å². The van der Waals surface area contributed by atoms with Crippen LogP contribution in [0.15, 0.2) is 47.4 Å². The predicted octanol–water partition coefficient (Wildman–Crippen LogP) is 3.20. The molecule has 0 fully saturated rings. The summed E-state index contributed by atoms with van der Waals surface area (Å²) in [5.74, 6) is -0.190. The maximum absolute atomic E-state index is 12.7. The summed E-state index contributed by atoms with van der Waals surface area (Å²) in [5.41, 5.74) is 7.88. The van der Waals surface area contributed by atoms with Crippen LogP contribution in [0.5, 0.6) is 0 Å². The number of aryl methyl sites for hydroxylation is 2. The van der Waals surface area contributed by atoms with Gasteiger partial charge in [-0.05, 0) is 62.2 Å². The third-order valence-electron chi connectivity index (χ3n) is 3.64. The number of hydrogen-bond donors (Lipinski definition) is 3. The average molecular weight is 398 g/mol. The summed E-state index contributed by atoms with van der Waals surface area (Å²) in [6.45, 7) is 4.03. The first-order valence-electron chi connectivity index (χ1n) is 8.02. The molecule has 0 aliphatic heterocycles. The summed E-state index contributed by atoms with van der Waals surface area (Å²) in [7, 11) is -3.76. The van der Waals surface area contributed by atoms with E-state index in [9.17, 15) is 13.2 Å². The molecule has 0 aromatic heterocycles. The molecule has 6 nitrogen and oxygen atoms in total. The van der Waals surface area contributed by atoms with Crippen LogP contribution in [0.1, 0.15) is 24.0 Å². The molecule has 0 heterocycles. The van der Waals surface area contributed by atoms with Gasteiger partial charge in [-0.1, -0.05) is 18.2 Å². The fourth-order valence-electron chi connectivity index (χ4n) is 2.37. The number of sulfonamides is 1. The molecule has 2 rings (SSSR count). The third-order valence-corrected chi connectivity index (χ3v) is 5.16. The number of rotatable bonds is 7. The van der Waals surface area contributed by atoms with Crippen LogP contribution in [0.3, 0.4) is 0 Å². The molecule has 4 N–H and O–H groups in total. The van der Waals surface area contributed by atoms with Crippen molar-refractivity contribution < 1.29 is 13.2 Å². The number of carbonyl (C=O) groups is 1. The number of anilines is 2. The number of benzene rings is 2. The van der Waals surface area contributed by atoms with Gasteiger partial charge < -0.3 is 11.1 Å². The van der Waals surface area contributed by atoms with Gasteiger partial charge >= 0.3 is 0 Å². The summed E-state index contributed by atoms with van der Waals surface area (Å²) in [5, 5.41) is 2.70. The van der Waals surface area contributed by atoms with E-state index in [1.165, 1.54) is 6.07 Å². The van der Waals surface area contributed by atoms with E-state index in [4.69, 9.17) is 5.73 Å². The van der Waals surface area contributed by atoms with Crippen LogP contribution in [0.2, 0.25) is 0 Å². The van der Waals surface area contributed by atoms with Gasteiger partial charge in [0, 0.05) is 17.8 Å². The second kappa shape index (κ2) is 9.56. The Morgan fingerprint density at radius 2 is 1.81 bits per heavy atom. The minimum Gasteiger partial charge on any atom is -0.330 e. The fraction of sp³-hybridized carbons (Fsp3) is 0.278. The average Bonchev–Trinajstić information content (AvgIpc) is 2.54. The van der Waals surface area contributed by atoms with Crippen molar-refractivity contribution in [3.05, 3.63) is 53.6 Å². The summed E-state index contributed by atoms with van der Waals surface area (Å²) in [6, 6.07) is 11.9. The Morgan fingerprint density at radius 3 is 2.46 bits per heavy atom. The molecule has 0 radical (unpaired) electrons. The molecular weight excluding hydrogens is 374 g/mol. The lowest BCUT2D eigenvalue weighted by Crippen LogP contribution is -2.16. The molecule has 2 aromatic rings. The van der Waals surface area contributed by atoms with E-state index in [-0.39, 0.29) is 23.2 Å². The fourth-order valence-corrected chi connectivity index (χ4v) is 3.69. The van der Waals surface area contributed by atoms with E-state index in [0.717, 1.165) is 5.56 Å². The molecule has 26 heavy (non-hydrogen) atoms. The molecule has 2 aromatic carbocycles. The standard InChI is InChI=1S/C18H23N3O3S.ClH/c1-13-5-3-6-16(11-13)21-25(23,24)17-12-15(9-8-14(17)2)20-18(22)7-4-10-19;/h3,5-6,8-9,11-12,21H,4,7,10,19H2,1-2H3,(H,20,22);1H. The minimum atomic E-state index is -3.76. The molecule has 0 atom stereocenters. The number of nitrogens with one attached hydrogen (secondary N) is 2. The summed E-state index contributed by atoms with van der Waals surface area (Å²) >= 11 is 0. The van der Waals surface area contributed by atoms with Crippen molar-refractivity contribution >= 4 is 39.7 Å². The Bertz CT molecular complexity index is 870. The number of hydrogen-bond acceptors (Lipinski definition) is 4. The highest BCUT2D eigenvalue weighted by Crippen LogP contribution is 2.23. The highest BCUT2D eigenvalue weighted by Gasteiger charge is 2.18. The second-order valence-corrected chi connectivity index (χ2v) is 7.55. The van der Waals surface area contributed by atoms with Gasteiger partial charge in [-0.15, -0.1) is 12.4 Å². The molecular formula is C18H24ClN3O3S. The molecule has 0 aliphatic carbocycles. The molecule has 0 unspecified atom stereocenters. The van der Waals surface area contributed by atoms with Crippen molar-refractivity contribution in [3.8, 4) is 0 Å². The molecule has 8 heteroatoms. The zero-order valence-electron chi connectivity index (χ0n) is 14.8. The van der Waals surface area contributed by atoms with Crippen molar-refractivity contribution in [3.63, 3.8) is 0 Å². The highest BCUT2D eigenvalue weighted by molar-refractivity contribution is 7.92. The first-order chi connectivity index (χ1) is 11.8. The monoisotopic (exact) mass is 397 g/mol. The number of amides is 1. The lowest BCUT2D eigenvalue weighted by Gasteiger charge is -2.13. The summed E-state index contributed by atoms with van der Waals surface area (Å²) in [6.07, 6.45) is 0.881. The van der Waals surface area contributed by atoms with Gasteiger partial charge in [0.2, 0.25) is 5.91 Å². The Kier molecular flexibility index (Phi) is 8.08. The van der Waals surface area contributed by atoms with Gasteiger partial charge in [0.25, 0.3) is 10.0 Å². The lowest BCUT2D eigenvalue weighted by molar-refractivity contribution is -0.116. The summed E-state index contributed by atoms with van der Waals surface area (Å²) < 4.78 is 28.0. The van der Waals surface area contributed by atoms with Crippen LogP contribution in [0.25, 0.3) is 0 Å². The van der Waals surface area contributed by atoms with Gasteiger partial charge in [-0.3, -0.25) is 9.52 Å². The van der Waals surface area contributed by atoms with Crippen LogP contribution in [0, 0.1) is 13.8 Å². The SMILES string of the molecule is Cc1cccc(NS(=O)(=O)c2cc(NC(=O)CCCN)ccc2C)c1.Cl. The minimum absolute atomic E-state index is 0. The summed E-state index contributed by atoms with van der Waals surface area (Å²) in [4.78, 5) is 11.9. The quantitative estimate of drug-likeness (QED) is 0.667. The molecule has 0 saturated carbocycles. The topological polar surface area (TPSA) is 101 Å². The zero-order chi connectivity index (χ0) is 18.4. The molecule has 142 valence electrons. The smallest absolute Gasteiger partial charge is 0.262 e. The first-order valence-corrected chi connectivity index (χ1v) is 9.50. The number of halogens is 1. The molecule has 0 spiro atoms. The second-order valence-electron chi connectivity index (χ2n) is 5.90. The van der Waals surface area contributed by atoms with Gasteiger partial charge in [0.1, 0.15) is 0 Å². The lowest BCUT2D eigenvalue weighted by atomic mass is 10.2. The highest BCUT2D eigenvalue weighted by atomic mass is 35.5. The zero-order valence-corrected chi connectivity index (χ0v) is 16.4. The molecule has 0 bridgehead atoms. The van der Waals surface area contributed by atoms with E-state index in [1.54, 1.807) is 37.3 Å². The molecule has 1 amide bonds. The maximum atomic E-state index is 12.7. The molecule has 0 aliphatic rings. The number of carbonyl (C=O) groups excluding carboxylic acids is 1. The van der Waals surface area contributed by atoms with Crippen molar-refractivity contribution in [2.24, 2.45) is 5.73 Å². The van der Waals surface area contributed by atoms with Crippen LogP contribution >= 0.6 is 12.4 Å². The van der Waals surface area contributed by atoms with Crippen molar-refractivity contribution in [2.45, 2.75) is 31.6 Å². The van der Waals surface area contributed by atoms with Crippen molar-refractivity contribution in [2.75, 3.05) is 16.6 Å². The van der Waals surface area contributed by atoms with Crippen LogP contribution in [-0.4, -0.2) is 20.9 Å². The predicted molar refractivity (Wildman–Crippen MR) is 107 cm³/mol. The van der Waals surface area contributed by atoms with Gasteiger partial charge in [-0.2, -0.15) is 0 Å². The maximum Gasteiger partial charge on any atom is 0.262 e. The Hall–Kier alpha value is -2.09.